The molecule has 1 atom stereocenters. The molecule has 0 aliphatic carbocycles. The largest absolute Gasteiger partial charge is 0.370 e. The third kappa shape index (κ3) is 1.59. The number of nitrogens with zero attached hydrogens (tertiary/aromatic N) is 3. The summed E-state index contributed by atoms with van der Waals surface area (Å²) >= 11 is 0. The molecule has 1 saturated heterocycles. The molecule has 0 radical (unpaired) electrons. The second kappa shape index (κ2) is 3.96. The maximum Gasteiger partial charge on any atom is 0.224 e. The van der Waals surface area contributed by atoms with E-state index in [-0.39, 0.29) is 6.10 Å². The van der Waals surface area contributed by atoms with E-state index in [9.17, 15) is 0 Å². The zero-order valence-corrected chi connectivity index (χ0v) is 8.66. The van der Waals surface area contributed by atoms with Crippen molar-refractivity contribution in [3.63, 3.8) is 0 Å². The van der Waals surface area contributed by atoms with Gasteiger partial charge in [0.25, 0.3) is 0 Å². The standard InChI is InChI=1S/C9H16N4O/c1-10-9-12-11-8(13(9)2)7-5-3-4-6-14-7/h7H,3-6H2,1-2H3,(H,10,12). The Kier molecular flexibility index (Phi) is 2.67. The Hall–Kier alpha value is -1.10. The van der Waals surface area contributed by atoms with E-state index in [1.165, 1.54) is 6.42 Å². The molecule has 14 heavy (non-hydrogen) atoms. The molecule has 2 rings (SSSR count). The highest BCUT2D eigenvalue weighted by Gasteiger charge is 2.21. The Labute approximate surface area is 83.5 Å². The molecule has 0 bridgehead atoms. The topological polar surface area (TPSA) is 52.0 Å². The first-order valence-corrected chi connectivity index (χ1v) is 5.01. The Morgan fingerprint density at radius 2 is 2.29 bits per heavy atom. The van der Waals surface area contributed by atoms with Gasteiger partial charge in [0.05, 0.1) is 0 Å². The fourth-order valence-electron chi connectivity index (χ4n) is 1.78. The second-order valence-electron chi connectivity index (χ2n) is 3.55. The third-order valence-electron chi connectivity index (χ3n) is 2.60. The van der Waals surface area contributed by atoms with Gasteiger partial charge in [0.1, 0.15) is 6.10 Å². The molecule has 0 saturated carbocycles. The molecule has 0 amide bonds. The zero-order valence-electron chi connectivity index (χ0n) is 8.66. The van der Waals surface area contributed by atoms with Crippen LogP contribution in [0, 0.1) is 0 Å². The smallest absolute Gasteiger partial charge is 0.224 e. The summed E-state index contributed by atoms with van der Waals surface area (Å²) in [6, 6.07) is 0. The number of nitrogens with one attached hydrogen (secondary N) is 1. The highest BCUT2D eigenvalue weighted by Crippen LogP contribution is 2.26. The molecule has 0 aromatic carbocycles. The van der Waals surface area contributed by atoms with Crippen LogP contribution >= 0.6 is 0 Å². The number of hydrogen-bond donors (Lipinski definition) is 1. The van der Waals surface area contributed by atoms with Crippen LogP contribution in [0.3, 0.4) is 0 Å². The summed E-state index contributed by atoms with van der Waals surface area (Å²) in [5.41, 5.74) is 0. The van der Waals surface area contributed by atoms with Crippen molar-refractivity contribution >= 4 is 5.95 Å². The SMILES string of the molecule is CNc1nnc(C2CCCCO2)n1C. The van der Waals surface area contributed by atoms with Crippen molar-refractivity contribution < 1.29 is 4.74 Å². The number of aromatic nitrogens is 3. The average molecular weight is 196 g/mol. The molecule has 1 aromatic rings. The summed E-state index contributed by atoms with van der Waals surface area (Å²) in [7, 11) is 3.80. The molecule has 5 nitrogen and oxygen atoms in total. The van der Waals surface area contributed by atoms with Crippen LogP contribution in [0.25, 0.3) is 0 Å². The Morgan fingerprint density at radius 1 is 1.43 bits per heavy atom. The lowest BCUT2D eigenvalue weighted by Crippen LogP contribution is -2.15. The highest BCUT2D eigenvalue weighted by atomic mass is 16.5. The third-order valence-corrected chi connectivity index (χ3v) is 2.60. The van der Waals surface area contributed by atoms with Gasteiger partial charge in [-0.25, -0.2) is 0 Å². The first-order chi connectivity index (χ1) is 6.83. The van der Waals surface area contributed by atoms with Crippen molar-refractivity contribution in [2.24, 2.45) is 7.05 Å². The number of rotatable bonds is 2. The van der Waals surface area contributed by atoms with Crippen molar-refractivity contribution in [3.8, 4) is 0 Å². The summed E-state index contributed by atoms with van der Waals surface area (Å²) in [5, 5.41) is 11.2. The van der Waals surface area contributed by atoms with E-state index in [1.807, 2.05) is 18.7 Å². The van der Waals surface area contributed by atoms with Gasteiger partial charge in [0, 0.05) is 20.7 Å². The van der Waals surface area contributed by atoms with E-state index in [2.05, 4.69) is 15.5 Å². The monoisotopic (exact) mass is 196 g/mol. The summed E-state index contributed by atoms with van der Waals surface area (Å²) in [5.74, 6) is 1.71. The van der Waals surface area contributed by atoms with E-state index < -0.39 is 0 Å². The molecule has 78 valence electrons. The molecule has 1 aliphatic heterocycles. The molecule has 1 aliphatic rings. The lowest BCUT2D eigenvalue weighted by molar-refractivity contribution is 0.00772. The summed E-state index contributed by atoms with van der Waals surface area (Å²) < 4.78 is 7.61. The van der Waals surface area contributed by atoms with Gasteiger partial charge < -0.3 is 10.1 Å². The lowest BCUT2D eigenvalue weighted by Gasteiger charge is -2.21. The molecule has 5 heteroatoms. The average Bonchev–Trinajstić information content (AvgIpc) is 2.61. The van der Waals surface area contributed by atoms with Crippen LogP contribution in [0.15, 0.2) is 0 Å². The fraction of sp³-hybridized carbons (Fsp3) is 0.778. The van der Waals surface area contributed by atoms with Crippen molar-refractivity contribution in [2.45, 2.75) is 25.4 Å². The molecule has 1 N–H and O–H groups in total. The maximum atomic E-state index is 5.65. The van der Waals surface area contributed by atoms with Crippen LogP contribution in [-0.4, -0.2) is 28.4 Å². The van der Waals surface area contributed by atoms with E-state index >= 15 is 0 Å². The minimum atomic E-state index is 0.128. The van der Waals surface area contributed by atoms with Crippen LogP contribution in [-0.2, 0) is 11.8 Å². The van der Waals surface area contributed by atoms with Crippen LogP contribution in [0.4, 0.5) is 5.95 Å². The summed E-state index contributed by atoms with van der Waals surface area (Å²) in [4.78, 5) is 0. The quantitative estimate of drug-likeness (QED) is 0.769. The van der Waals surface area contributed by atoms with Crippen LogP contribution in [0.1, 0.15) is 31.2 Å². The van der Waals surface area contributed by atoms with Gasteiger partial charge in [-0.1, -0.05) is 0 Å². The van der Waals surface area contributed by atoms with Gasteiger partial charge in [-0.2, -0.15) is 0 Å². The highest BCUT2D eigenvalue weighted by molar-refractivity contribution is 5.24. The van der Waals surface area contributed by atoms with Gasteiger partial charge in [-0.15, -0.1) is 10.2 Å². The van der Waals surface area contributed by atoms with Gasteiger partial charge in [-0.3, -0.25) is 4.57 Å². The minimum Gasteiger partial charge on any atom is -0.370 e. The Balaban J connectivity index is 2.18. The molecule has 2 heterocycles. The van der Waals surface area contributed by atoms with Crippen LogP contribution in [0.5, 0.6) is 0 Å². The number of ether oxygens (including phenoxy) is 1. The summed E-state index contributed by atoms with van der Waals surface area (Å²) in [6.07, 6.45) is 3.55. The Morgan fingerprint density at radius 3 is 2.86 bits per heavy atom. The Bertz CT molecular complexity index is 304. The summed E-state index contributed by atoms with van der Waals surface area (Å²) in [6.45, 7) is 0.840. The normalized spacial score (nSPS) is 22.3. The van der Waals surface area contributed by atoms with Gasteiger partial charge in [0.15, 0.2) is 5.82 Å². The second-order valence-corrected chi connectivity index (χ2v) is 3.55. The molecular weight excluding hydrogens is 180 g/mol. The van der Waals surface area contributed by atoms with Gasteiger partial charge >= 0.3 is 0 Å². The molecular formula is C9H16N4O. The molecule has 1 aromatic heterocycles. The van der Waals surface area contributed by atoms with Crippen molar-refractivity contribution in [3.05, 3.63) is 5.82 Å². The van der Waals surface area contributed by atoms with E-state index in [0.29, 0.717) is 0 Å². The van der Waals surface area contributed by atoms with E-state index in [0.717, 1.165) is 31.2 Å². The first-order valence-electron chi connectivity index (χ1n) is 5.01. The number of anilines is 1. The van der Waals surface area contributed by atoms with Crippen LogP contribution in [0.2, 0.25) is 0 Å². The van der Waals surface area contributed by atoms with E-state index in [1.54, 1.807) is 0 Å². The molecule has 0 spiro atoms. The first kappa shape index (κ1) is 9.45. The molecule has 1 unspecified atom stereocenters. The molecule has 1 fully saturated rings. The van der Waals surface area contributed by atoms with Crippen molar-refractivity contribution in [1.82, 2.24) is 14.8 Å². The maximum absolute atomic E-state index is 5.65. The minimum absolute atomic E-state index is 0.128. The van der Waals surface area contributed by atoms with Gasteiger partial charge in [0.2, 0.25) is 5.95 Å². The zero-order chi connectivity index (χ0) is 9.97. The number of hydrogen-bond acceptors (Lipinski definition) is 4. The predicted molar refractivity (Wildman–Crippen MR) is 53.1 cm³/mol. The van der Waals surface area contributed by atoms with Gasteiger partial charge in [-0.05, 0) is 19.3 Å². The van der Waals surface area contributed by atoms with Crippen molar-refractivity contribution in [1.29, 1.82) is 0 Å². The van der Waals surface area contributed by atoms with Crippen LogP contribution < -0.4 is 5.32 Å². The lowest BCUT2D eigenvalue weighted by atomic mass is 10.1. The van der Waals surface area contributed by atoms with E-state index in [4.69, 9.17) is 4.74 Å². The van der Waals surface area contributed by atoms with Crippen molar-refractivity contribution in [2.75, 3.05) is 19.0 Å². The fourth-order valence-corrected chi connectivity index (χ4v) is 1.78. The predicted octanol–water partition coefficient (Wildman–Crippen LogP) is 1.10.